The van der Waals surface area contributed by atoms with Gasteiger partial charge < -0.3 is 21.4 Å². The van der Waals surface area contributed by atoms with Gasteiger partial charge in [0.25, 0.3) is 0 Å². The number of hydrogen-bond donors (Lipinski definition) is 3. The largest absolute Gasteiger partial charge is 0.356 e. The van der Waals surface area contributed by atoms with E-state index in [2.05, 4.69) is 44.6 Å². The van der Waals surface area contributed by atoms with Crippen molar-refractivity contribution in [3.63, 3.8) is 0 Å². The van der Waals surface area contributed by atoms with E-state index < -0.39 is 6.17 Å². The van der Waals surface area contributed by atoms with E-state index in [4.69, 9.17) is 5.73 Å². The monoisotopic (exact) mass is 319 g/mol. The molecule has 0 aliphatic carbocycles. The third-order valence-corrected chi connectivity index (χ3v) is 4.86. The minimum absolute atomic E-state index is 0.0456. The van der Waals surface area contributed by atoms with Crippen LogP contribution in [-0.2, 0) is 4.79 Å². The first-order chi connectivity index (χ1) is 11.0. The Morgan fingerprint density at radius 3 is 3.04 bits per heavy atom. The molecule has 5 atom stereocenters. The summed E-state index contributed by atoms with van der Waals surface area (Å²) in [5.41, 5.74) is 9.11. The maximum atomic E-state index is 12.8. The van der Waals surface area contributed by atoms with Gasteiger partial charge in [-0.25, -0.2) is 4.99 Å². The fourth-order valence-electron chi connectivity index (χ4n) is 3.36. The van der Waals surface area contributed by atoms with Crippen molar-refractivity contribution in [2.24, 2.45) is 32.7 Å². The topological polar surface area (TPSA) is 107 Å². The number of nitrogens with one attached hydrogen (secondary N) is 2. The van der Waals surface area contributed by atoms with Crippen LogP contribution in [0.3, 0.4) is 0 Å². The van der Waals surface area contributed by atoms with Gasteiger partial charge in [0.15, 0.2) is 0 Å². The molecule has 3 heterocycles. The lowest BCUT2D eigenvalue weighted by Crippen LogP contribution is -2.45. The van der Waals surface area contributed by atoms with Crippen molar-refractivity contribution in [2.45, 2.75) is 51.9 Å². The van der Waals surface area contributed by atoms with Crippen LogP contribution >= 0.6 is 0 Å². The molecule has 5 unspecified atom stereocenters. The number of carbonyl (C=O) groups excluding carboxylic acids is 1. The minimum Gasteiger partial charge on any atom is -0.356 e. The van der Waals surface area contributed by atoms with Crippen molar-refractivity contribution in [1.29, 1.82) is 0 Å². The highest BCUT2D eigenvalue weighted by molar-refractivity contribution is 6.04. The van der Waals surface area contributed by atoms with Gasteiger partial charge in [0, 0.05) is 25.0 Å². The highest BCUT2D eigenvalue weighted by Gasteiger charge is 2.47. The Kier molecular flexibility index (Phi) is 4.34. The van der Waals surface area contributed by atoms with Crippen LogP contribution in [0.1, 0.15) is 33.6 Å². The number of hydrogen-bond acceptors (Lipinski definition) is 7. The minimum atomic E-state index is -0.421. The van der Waals surface area contributed by atoms with Crippen LogP contribution < -0.4 is 16.5 Å². The quantitative estimate of drug-likeness (QED) is 0.673. The number of fused-ring (bicyclic) bond motifs is 1. The van der Waals surface area contributed by atoms with Gasteiger partial charge in [0.05, 0.1) is 11.8 Å². The van der Waals surface area contributed by atoms with Crippen molar-refractivity contribution >= 4 is 23.9 Å². The molecule has 0 saturated carbocycles. The van der Waals surface area contributed by atoms with Gasteiger partial charge in [-0.15, -0.1) is 0 Å². The van der Waals surface area contributed by atoms with Gasteiger partial charge in [0.2, 0.25) is 5.91 Å². The summed E-state index contributed by atoms with van der Waals surface area (Å²) in [4.78, 5) is 23.5. The first-order valence-electron chi connectivity index (χ1n) is 8.25. The van der Waals surface area contributed by atoms with E-state index in [0.717, 1.165) is 18.7 Å². The van der Waals surface area contributed by atoms with Gasteiger partial charge in [-0.1, -0.05) is 6.92 Å². The van der Waals surface area contributed by atoms with Crippen molar-refractivity contribution in [3.05, 3.63) is 0 Å². The van der Waals surface area contributed by atoms with Gasteiger partial charge in [-0.3, -0.25) is 9.79 Å². The second-order valence-corrected chi connectivity index (χ2v) is 6.57. The molecule has 8 heteroatoms. The average molecular weight is 319 g/mol. The number of aliphatic imine (C=N–C) groups is 2. The van der Waals surface area contributed by atoms with E-state index in [1.807, 2.05) is 6.92 Å². The standard InChI is InChI=1S/C15H25N7O/c1-4-9(3)22-6-10(12-13(16)17-7-18-14(12)22)15(23)19-11-5-8(2)20-21-11/h7-10,12-13,20H,4-6,16H2,1-3H3,(H,19,21,23). The molecule has 0 aromatic rings. The molecule has 1 amide bonds. The maximum Gasteiger partial charge on any atom is 0.231 e. The fourth-order valence-corrected chi connectivity index (χ4v) is 3.36. The predicted molar refractivity (Wildman–Crippen MR) is 90.1 cm³/mol. The molecular formula is C15H25N7O. The molecule has 1 saturated heterocycles. The highest BCUT2D eigenvalue weighted by atomic mass is 16.2. The van der Waals surface area contributed by atoms with Gasteiger partial charge in [-0.05, 0) is 20.3 Å². The van der Waals surface area contributed by atoms with Crippen molar-refractivity contribution in [1.82, 2.24) is 15.6 Å². The van der Waals surface area contributed by atoms with E-state index in [1.54, 1.807) is 0 Å². The molecule has 1 fully saturated rings. The second kappa shape index (κ2) is 6.27. The van der Waals surface area contributed by atoms with E-state index >= 15 is 0 Å². The number of amides is 1. The summed E-state index contributed by atoms with van der Waals surface area (Å²) in [5.74, 6) is 1.11. The van der Waals surface area contributed by atoms with Gasteiger partial charge in [0.1, 0.15) is 24.2 Å². The van der Waals surface area contributed by atoms with Crippen molar-refractivity contribution < 1.29 is 4.79 Å². The molecule has 0 spiro atoms. The zero-order chi connectivity index (χ0) is 16.6. The zero-order valence-electron chi connectivity index (χ0n) is 13.9. The Hall–Kier alpha value is -1.96. The Morgan fingerprint density at radius 2 is 2.39 bits per heavy atom. The smallest absolute Gasteiger partial charge is 0.231 e. The Bertz CT molecular complexity index is 570. The third-order valence-electron chi connectivity index (χ3n) is 4.86. The third kappa shape index (κ3) is 2.95. The molecule has 0 bridgehead atoms. The molecule has 4 N–H and O–H groups in total. The lowest BCUT2D eigenvalue weighted by molar-refractivity contribution is -0.124. The lowest BCUT2D eigenvalue weighted by Gasteiger charge is -2.28. The van der Waals surface area contributed by atoms with Crippen molar-refractivity contribution in [2.75, 3.05) is 6.54 Å². The maximum absolute atomic E-state index is 12.8. The van der Waals surface area contributed by atoms with Crippen LogP contribution in [0.2, 0.25) is 0 Å². The van der Waals surface area contributed by atoms with E-state index in [1.165, 1.54) is 6.34 Å². The number of nitrogens with zero attached hydrogens (tertiary/aromatic N) is 4. The molecule has 3 aliphatic rings. The molecule has 0 aromatic heterocycles. The molecule has 23 heavy (non-hydrogen) atoms. The number of amidine groups is 2. The van der Waals surface area contributed by atoms with Crippen LogP contribution in [0.15, 0.2) is 15.1 Å². The Labute approximate surface area is 136 Å². The second-order valence-electron chi connectivity index (χ2n) is 6.57. The van der Waals surface area contributed by atoms with Crippen LogP contribution in [0, 0.1) is 11.8 Å². The summed E-state index contributed by atoms with van der Waals surface area (Å²) in [6, 6.07) is 0.572. The lowest BCUT2D eigenvalue weighted by atomic mass is 9.91. The van der Waals surface area contributed by atoms with Crippen LogP contribution in [0.4, 0.5) is 0 Å². The normalized spacial score (nSPS) is 33.7. The first kappa shape index (κ1) is 15.9. The Morgan fingerprint density at radius 1 is 1.61 bits per heavy atom. The molecule has 3 rings (SSSR count). The summed E-state index contributed by atoms with van der Waals surface area (Å²) in [5, 5.41) is 7.09. The summed E-state index contributed by atoms with van der Waals surface area (Å²) in [7, 11) is 0. The van der Waals surface area contributed by atoms with Crippen molar-refractivity contribution in [3.8, 4) is 0 Å². The highest BCUT2D eigenvalue weighted by Crippen LogP contribution is 2.32. The molecule has 3 aliphatic heterocycles. The predicted octanol–water partition coefficient (Wildman–Crippen LogP) is -0.130. The van der Waals surface area contributed by atoms with Gasteiger partial charge in [-0.2, -0.15) is 5.10 Å². The molecule has 126 valence electrons. The van der Waals surface area contributed by atoms with Crippen LogP contribution in [0.25, 0.3) is 0 Å². The number of carbonyl (C=O) groups is 1. The van der Waals surface area contributed by atoms with E-state index in [0.29, 0.717) is 18.4 Å². The van der Waals surface area contributed by atoms with Crippen LogP contribution in [0.5, 0.6) is 0 Å². The van der Waals surface area contributed by atoms with Crippen LogP contribution in [-0.4, -0.2) is 53.6 Å². The molecule has 8 nitrogen and oxygen atoms in total. The summed E-state index contributed by atoms with van der Waals surface area (Å²) >= 11 is 0. The average Bonchev–Trinajstić information content (AvgIpc) is 3.11. The Balaban J connectivity index is 1.77. The SMILES string of the molecule is CCC(C)N1CC(C(=O)NC2=NNC(C)C2)C2C1=NC=NC2N. The summed E-state index contributed by atoms with van der Waals surface area (Å²) in [6.45, 7) is 6.92. The number of nitrogens with two attached hydrogens (primary N) is 1. The fraction of sp³-hybridized carbons (Fsp3) is 0.733. The number of hydrazone groups is 1. The number of likely N-dealkylation sites (tertiary alicyclic amines) is 1. The zero-order valence-corrected chi connectivity index (χ0v) is 13.9. The summed E-state index contributed by atoms with van der Waals surface area (Å²) in [6.07, 6.45) is 2.80. The first-order valence-corrected chi connectivity index (χ1v) is 8.25. The molecular weight excluding hydrogens is 294 g/mol. The summed E-state index contributed by atoms with van der Waals surface area (Å²) < 4.78 is 0. The number of rotatable bonds is 3. The van der Waals surface area contributed by atoms with Gasteiger partial charge >= 0.3 is 0 Å². The van der Waals surface area contributed by atoms with E-state index in [9.17, 15) is 4.79 Å². The molecule has 0 aromatic carbocycles. The molecule has 0 radical (unpaired) electrons. The van der Waals surface area contributed by atoms with E-state index in [-0.39, 0.29) is 23.8 Å².